The number of nitrogens with two attached hydrogens (primary N) is 1. The van der Waals surface area contributed by atoms with Gasteiger partial charge in [0.1, 0.15) is 12.4 Å². The van der Waals surface area contributed by atoms with E-state index in [9.17, 15) is 0 Å². The number of hydrogen-bond donors (Lipinski definition) is 1. The molecule has 2 N–H and O–H groups in total. The first kappa shape index (κ1) is 10.3. The van der Waals surface area contributed by atoms with Crippen molar-refractivity contribution in [1.29, 1.82) is 0 Å². The van der Waals surface area contributed by atoms with E-state index in [0.29, 0.717) is 23.1 Å². The van der Waals surface area contributed by atoms with Crippen LogP contribution < -0.4 is 10.5 Å². The molecule has 0 radical (unpaired) electrons. The second kappa shape index (κ2) is 4.55. The molecule has 1 heterocycles. The van der Waals surface area contributed by atoms with E-state index in [4.69, 9.17) is 22.1 Å². The van der Waals surface area contributed by atoms with Crippen LogP contribution in [0.3, 0.4) is 0 Å². The number of hydrogen-bond acceptors (Lipinski definition) is 3. The van der Waals surface area contributed by atoms with Crippen molar-refractivity contribution in [3.8, 4) is 5.75 Å². The van der Waals surface area contributed by atoms with Crippen molar-refractivity contribution in [2.24, 2.45) is 0 Å². The lowest BCUT2D eigenvalue weighted by molar-refractivity contribution is 0.307. The van der Waals surface area contributed by atoms with E-state index in [2.05, 4.69) is 0 Å². The van der Waals surface area contributed by atoms with E-state index in [1.54, 1.807) is 29.5 Å². The molecule has 2 aromatic rings. The second-order valence-corrected chi connectivity index (χ2v) is 4.30. The lowest BCUT2D eigenvalue weighted by Gasteiger charge is -2.07. The summed E-state index contributed by atoms with van der Waals surface area (Å²) in [5.74, 6) is 0.664. The second-order valence-electron chi connectivity index (χ2n) is 3.11. The molecule has 0 atom stereocenters. The van der Waals surface area contributed by atoms with Crippen molar-refractivity contribution < 1.29 is 4.74 Å². The van der Waals surface area contributed by atoms with Crippen LogP contribution in [0.15, 0.2) is 35.0 Å². The van der Waals surface area contributed by atoms with Crippen molar-refractivity contribution in [3.63, 3.8) is 0 Å². The molecule has 0 unspecified atom stereocenters. The minimum absolute atomic E-state index is 0.535. The third-order valence-corrected chi connectivity index (χ3v) is 2.96. The molecule has 1 aromatic heterocycles. The van der Waals surface area contributed by atoms with Crippen molar-refractivity contribution in [2.45, 2.75) is 6.61 Å². The molecule has 0 aliphatic rings. The van der Waals surface area contributed by atoms with Gasteiger partial charge in [-0.05, 0) is 40.6 Å². The summed E-state index contributed by atoms with van der Waals surface area (Å²) in [4.78, 5) is 0. The van der Waals surface area contributed by atoms with Crippen LogP contribution in [0.25, 0.3) is 0 Å². The maximum atomic E-state index is 5.97. The zero-order valence-electron chi connectivity index (χ0n) is 7.94. The van der Waals surface area contributed by atoms with Gasteiger partial charge in [-0.15, -0.1) is 0 Å². The largest absolute Gasteiger partial charge is 0.487 e. The molecule has 1 aromatic carbocycles. The van der Waals surface area contributed by atoms with Gasteiger partial charge in [-0.1, -0.05) is 11.6 Å². The Morgan fingerprint density at radius 2 is 2.20 bits per heavy atom. The summed E-state index contributed by atoms with van der Waals surface area (Å²) in [6, 6.07) is 7.26. The van der Waals surface area contributed by atoms with Crippen molar-refractivity contribution in [1.82, 2.24) is 0 Å². The van der Waals surface area contributed by atoms with Crippen LogP contribution in [-0.2, 0) is 6.61 Å². The molecule has 2 rings (SSSR count). The van der Waals surface area contributed by atoms with Crippen LogP contribution in [0, 0.1) is 0 Å². The Kier molecular flexibility index (Phi) is 3.14. The fourth-order valence-corrected chi connectivity index (χ4v) is 2.07. The van der Waals surface area contributed by atoms with Gasteiger partial charge in [0.05, 0.1) is 5.02 Å². The standard InChI is InChI=1S/C11H10ClNOS/c12-10-5-9(13)1-2-11(10)14-6-8-3-4-15-7-8/h1-5,7H,6,13H2. The lowest BCUT2D eigenvalue weighted by Crippen LogP contribution is -1.95. The predicted molar refractivity (Wildman–Crippen MR) is 64.5 cm³/mol. The number of halogens is 1. The first-order valence-corrected chi connectivity index (χ1v) is 5.76. The SMILES string of the molecule is Nc1ccc(OCc2ccsc2)c(Cl)c1. The molecule has 4 heteroatoms. The van der Waals surface area contributed by atoms with E-state index >= 15 is 0 Å². The summed E-state index contributed by atoms with van der Waals surface area (Å²) < 4.78 is 5.56. The summed E-state index contributed by atoms with van der Waals surface area (Å²) >= 11 is 7.62. The van der Waals surface area contributed by atoms with E-state index in [1.807, 2.05) is 16.8 Å². The van der Waals surface area contributed by atoms with Gasteiger partial charge in [0.15, 0.2) is 0 Å². The van der Waals surface area contributed by atoms with E-state index < -0.39 is 0 Å². The number of ether oxygens (including phenoxy) is 1. The van der Waals surface area contributed by atoms with Gasteiger partial charge in [0.2, 0.25) is 0 Å². The molecule has 0 aliphatic carbocycles. The zero-order valence-corrected chi connectivity index (χ0v) is 9.52. The fraction of sp³-hybridized carbons (Fsp3) is 0.0909. The maximum Gasteiger partial charge on any atom is 0.138 e. The number of nitrogen functional groups attached to an aromatic ring is 1. The highest BCUT2D eigenvalue weighted by Crippen LogP contribution is 2.27. The van der Waals surface area contributed by atoms with Gasteiger partial charge in [0, 0.05) is 5.69 Å². The molecule has 78 valence electrons. The average Bonchev–Trinajstić information content (AvgIpc) is 2.69. The molecule has 0 amide bonds. The molecule has 0 bridgehead atoms. The molecule has 2 nitrogen and oxygen atoms in total. The van der Waals surface area contributed by atoms with Crippen molar-refractivity contribution in [3.05, 3.63) is 45.6 Å². The summed E-state index contributed by atoms with van der Waals surface area (Å²) in [6.07, 6.45) is 0. The van der Waals surface area contributed by atoms with E-state index in [1.165, 1.54) is 0 Å². The van der Waals surface area contributed by atoms with Crippen LogP contribution in [0.4, 0.5) is 5.69 Å². The van der Waals surface area contributed by atoms with E-state index in [0.717, 1.165) is 5.56 Å². The van der Waals surface area contributed by atoms with Crippen molar-refractivity contribution >= 4 is 28.6 Å². The Balaban J connectivity index is 2.05. The quantitative estimate of drug-likeness (QED) is 0.832. The van der Waals surface area contributed by atoms with Crippen LogP contribution in [0.1, 0.15) is 5.56 Å². The first-order valence-electron chi connectivity index (χ1n) is 4.44. The van der Waals surface area contributed by atoms with Gasteiger partial charge < -0.3 is 10.5 Å². The number of anilines is 1. The minimum Gasteiger partial charge on any atom is -0.487 e. The Bertz CT molecular complexity index is 442. The zero-order chi connectivity index (χ0) is 10.7. The highest BCUT2D eigenvalue weighted by atomic mass is 35.5. The summed E-state index contributed by atoms with van der Waals surface area (Å²) in [5.41, 5.74) is 7.37. The van der Waals surface area contributed by atoms with Crippen LogP contribution >= 0.6 is 22.9 Å². The normalized spacial score (nSPS) is 10.2. The smallest absolute Gasteiger partial charge is 0.138 e. The van der Waals surface area contributed by atoms with Gasteiger partial charge in [-0.25, -0.2) is 0 Å². The van der Waals surface area contributed by atoms with Crippen LogP contribution in [0.2, 0.25) is 5.02 Å². The third-order valence-electron chi connectivity index (χ3n) is 1.93. The Labute approximate surface area is 97.3 Å². The molecule has 0 spiro atoms. The number of rotatable bonds is 3. The maximum absolute atomic E-state index is 5.97. The topological polar surface area (TPSA) is 35.2 Å². The third kappa shape index (κ3) is 2.64. The fourth-order valence-electron chi connectivity index (χ4n) is 1.17. The molecule has 15 heavy (non-hydrogen) atoms. The van der Waals surface area contributed by atoms with Crippen LogP contribution in [0.5, 0.6) is 5.75 Å². The first-order chi connectivity index (χ1) is 7.25. The van der Waals surface area contributed by atoms with Gasteiger partial charge >= 0.3 is 0 Å². The Morgan fingerprint density at radius 3 is 2.87 bits per heavy atom. The molecule has 0 aliphatic heterocycles. The van der Waals surface area contributed by atoms with Crippen molar-refractivity contribution in [2.75, 3.05) is 5.73 Å². The molecule has 0 saturated carbocycles. The predicted octanol–water partition coefficient (Wildman–Crippen LogP) is 3.56. The van der Waals surface area contributed by atoms with E-state index in [-0.39, 0.29) is 0 Å². The van der Waals surface area contributed by atoms with Gasteiger partial charge in [-0.2, -0.15) is 11.3 Å². The molecular formula is C11H10ClNOS. The average molecular weight is 240 g/mol. The van der Waals surface area contributed by atoms with Gasteiger partial charge in [-0.3, -0.25) is 0 Å². The summed E-state index contributed by atoms with van der Waals surface area (Å²) in [5, 5.41) is 4.61. The molecular weight excluding hydrogens is 230 g/mol. The van der Waals surface area contributed by atoms with Gasteiger partial charge in [0.25, 0.3) is 0 Å². The Morgan fingerprint density at radius 1 is 1.33 bits per heavy atom. The number of benzene rings is 1. The number of thiophene rings is 1. The van der Waals surface area contributed by atoms with Crippen LogP contribution in [-0.4, -0.2) is 0 Å². The monoisotopic (exact) mass is 239 g/mol. The summed E-state index contributed by atoms with van der Waals surface area (Å²) in [6.45, 7) is 0.535. The minimum atomic E-state index is 0.535. The highest BCUT2D eigenvalue weighted by Gasteiger charge is 2.02. The highest BCUT2D eigenvalue weighted by molar-refractivity contribution is 7.07. The summed E-state index contributed by atoms with van der Waals surface area (Å²) in [7, 11) is 0. The Hall–Kier alpha value is -1.19. The molecule has 0 fully saturated rings. The lowest BCUT2D eigenvalue weighted by atomic mass is 10.3. The molecule has 0 saturated heterocycles.